The van der Waals surface area contributed by atoms with E-state index in [4.69, 9.17) is 5.73 Å². The van der Waals surface area contributed by atoms with Gasteiger partial charge in [0.05, 0.1) is 4.90 Å². The summed E-state index contributed by atoms with van der Waals surface area (Å²) in [5, 5.41) is 0. The Hall–Kier alpha value is -1.70. The summed E-state index contributed by atoms with van der Waals surface area (Å²) in [6, 6.07) is 4.28. The van der Waals surface area contributed by atoms with Gasteiger partial charge < -0.3 is 5.73 Å². The van der Waals surface area contributed by atoms with E-state index in [2.05, 4.69) is 43.6 Å². The highest BCUT2D eigenvalue weighted by molar-refractivity contribution is 9.10. The molecule has 1 aromatic rings. The van der Waals surface area contributed by atoms with Crippen molar-refractivity contribution in [2.75, 3.05) is 13.6 Å². The molecule has 38 heavy (non-hydrogen) atoms. The fourth-order valence-electron chi connectivity index (χ4n) is 6.55. The number of allylic oxidation sites excluding steroid dienone is 5. The van der Waals surface area contributed by atoms with Crippen molar-refractivity contribution < 1.29 is 13.2 Å². The number of sulfonamides is 1. The molecule has 5 nitrogen and oxygen atoms in total. The average molecular weight is 608 g/mol. The predicted molar refractivity (Wildman–Crippen MR) is 162 cm³/mol. The van der Waals surface area contributed by atoms with Gasteiger partial charge in [0.2, 0.25) is 15.9 Å². The first-order valence-corrected chi connectivity index (χ1v) is 16.1. The maximum Gasteiger partial charge on any atom is 0.248 e. The number of fused-ring (bicyclic) bond motifs is 2. The minimum atomic E-state index is -3.75. The highest BCUT2D eigenvalue weighted by Crippen LogP contribution is 2.67. The largest absolute Gasteiger partial charge is 0.366 e. The van der Waals surface area contributed by atoms with E-state index in [0.717, 1.165) is 17.4 Å². The topological polar surface area (TPSA) is 80.5 Å². The number of rotatable bonds is 7. The fourth-order valence-corrected chi connectivity index (χ4v) is 8.67. The molecule has 4 rings (SSSR count). The van der Waals surface area contributed by atoms with Crippen LogP contribution in [0.25, 0.3) is 0 Å². The molecule has 0 heterocycles. The maximum atomic E-state index is 12.8. The number of likely N-dealkylation sites (N-methyl/N-ethyl adjacent to an activating group) is 1. The molecule has 3 aliphatic rings. The molecule has 1 amide bonds. The lowest BCUT2D eigenvalue weighted by Crippen LogP contribution is -2.34. The number of primary amides is 1. The Morgan fingerprint density at radius 3 is 2.42 bits per heavy atom. The van der Waals surface area contributed by atoms with E-state index in [0.29, 0.717) is 21.7 Å². The van der Waals surface area contributed by atoms with Gasteiger partial charge in [-0.25, -0.2) is 8.42 Å². The van der Waals surface area contributed by atoms with Crippen molar-refractivity contribution >= 4 is 31.9 Å². The first kappa shape index (κ1) is 32.5. The summed E-state index contributed by atoms with van der Waals surface area (Å²) in [7, 11) is -2.24. The van der Waals surface area contributed by atoms with Gasteiger partial charge in [0.1, 0.15) is 0 Å². The van der Waals surface area contributed by atoms with Gasteiger partial charge in [0.15, 0.2) is 0 Å². The van der Waals surface area contributed by atoms with Crippen molar-refractivity contribution in [3.8, 4) is 0 Å². The summed E-state index contributed by atoms with van der Waals surface area (Å²) in [6.07, 6.45) is 17.6. The van der Waals surface area contributed by atoms with Crippen LogP contribution >= 0.6 is 15.9 Å². The number of nitrogens with zero attached hydrogens (tertiary/aromatic N) is 1. The molecule has 2 saturated carbocycles. The van der Waals surface area contributed by atoms with Gasteiger partial charge in [-0.05, 0) is 88.9 Å². The quantitative estimate of drug-likeness (QED) is 0.342. The highest BCUT2D eigenvalue weighted by atomic mass is 79.9. The standard InChI is InChI=1S/C16H17BrN2O3S.C13H24.C2H6/c1-19(11-12-6-4-2-3-5-7-12)23(21,22)15-10-13(16(18)20)8-9-14(15)17;1-5-6-11-12(2,3)10-7-8-13(11,4)9-10;1-2/h2-6,8-10H,7,11H2,1H3,(H2,18,20);10-11H,5-9H2,1-4H3;1-2H3/t;10-,11?,13?;/m.1./s1. The number of nitrogens with two attached hydrogens (primary N) is 1. The second-order valence-corrected chi connectivity index (χ2v) is 14.2. The van der Waals surface area contributed by atoms with Gasteiger partial charge in [0, 0.05) is 23.6 Å². The van der Waals surface area contributed by atoms with E-state index in [-0.39, 0.29) is 17.0 Å². The molecule has 212 valence electrons. The smallest absolute Gasteiger partial charge is 0.248 e. The van der Waals surface area contributed by atoms with Crippen LogP contribution in [0.15, 0.2) is 63.5 Å². The maximum absolute atomic E-state index is 12.8. The van der Waals surface area contributed by atoms with Crippen molar-refractivity contribution in [3.05, 3.63) is 64.2 Å². The number of benzene rings is 1. The molecule has 1 aromatic carbocycles. The highest BCUT2D eigenvalue weighted by Gasteiger charge is 2.58. The van der Waals surface area contributed by atoms with Gasteiger partial charge in [-0.3, -0.25) is 4.79 Å². The second kappa shape index (κ2) is 13.6. The van der Waals surface area contributed by atoms with Crippen molar-refractivity contribution in [1.82, 2.24) is 4.31 Å². The van der Waals surface area contributed by atoms with E-state index in [9.17, 15) is 13.2 Å². The monoisotopic (exact) mass is 606 g/mol. The molecule has 3 atom stereocenters. The van der Waals surface area contributed by atoms with Gasteiger partial charge in [-0.2, -0.15) is 4.31 Å². The van der Waals surface area contributed by atoms with Crippen LogP contribution < -0.4 is 5.73 Å². The van der Waals surface area contributed by atoms with Crippen LogP contribution in [-0.4, -0.2) is 32.2 Å². The Morgan fingerprint density at radius 2 is 1.84 bits per heavy atom. The third kappa shape index (κ3) is 7.28. The first-order chi connectivity index (χ1) is 17.8. The van der Waals surface area contributed by atoms with Crippen LogP contribution in [0.5, 0.6) is 0 Å². The summed E-state index contributed by atoms with van der Waals surface area (Å²) in [5.74, 6) is 1.37. The molecule has 7 heteroatoms. The number of carbonyl (C=O) groups is 1. The SMILES string of the molecule is CC.CCCC1C2(C)CC[C@H](C2)C1(C)C.CN(CC1=CC=CC=CC1)S(=O)(=O)c1cc(C(N)=O)ccc1Br. The summed E-state index contributed by atoms with van der Waals surface area (Å²) in [6.45, 7) is 14.2. The molecule has 0 saturated heterocycles. The van der Waals surface area contributed by atoms with Crippen LogP contribution in [0, 0.1) is 22.7 Å². The molecule has 0 radical (unpaired) electrons. The molecule has 2 fully saturated rings. The average Bonchev–Trinajstić information content (AvgIpc) is 3.21. The molecule has 0 aromatic heterocycles. The molecule has 0 aliphatic heterocycles. The Labute approximate surface area is 239 Å². The number of carbonyl (C=O) groups excluding carboxylic acids is 1. The van der Waals surface area contributed by atoms with Gasteiger partial charge in [0.25, 0.3) is 0 Å². The molecule has 0 spiro atoms. The van der Waals surface area contributed by atoms with E-state index < -0.39 is 15.9 Å². The summed E-state index contributed by atoms with van der Waals surface area (Å²) in [5.41, 5.74) is 7.71. The molecule has 2 bridgehead atoms. The Bertz CT molecular complexity index is 1160. The number of hydrogen-bond acceptors (Lipinski definition) is 3. The minimum absolute atomic E-state index is 0.0246. The Morgan fingerprint density at radius 1 is 1.16 bits per heavy atom. The normalized spacial score (nSPS) is 25.1. The van der Waals surface area contributed by atoms with E-state index in [1.807, 2.05) is 44.2 Å². The van der Waals surface area contributed by atoms with E-state index >= 15 is 0 Å². The third-order valence-electron chi connectivity index (χ3n) is 8.55. The number of hydrogen-bond donors (Lipinski definition) is 1. The van der Waals surface area contributed by atoms with Crippen LogP contribution in [-0.2, 0) is 10.0 Å². The van der Waals surface area contributed by atoms with Gasteiger partial charge in [-0.1, -0.05) is 83.9 Å². The molecule has 2 unspecified atom stereocenters. The molecule has 2 N–H and O–H groups in total. The summed E-state index contributed by atoms with van der Waals surface area (Å²) >= 11 is 3.23. The summed E-state index contributed by atoms with van der Waals surface area (Å²) < 4.78 is 27.2. The second-order valence-electron chi connectivity index (χ2n) is 11.4. The van der Waals surface area contributed by atoms with E-state index in [1.165, 1.54) is 61.7 Å². The zero-order chi connectivity index (χ0) is 28.7. The van der Waals surface area contributed by atoms with Crippen LogP contribution in [0.2, 0.25) is 0 Å². The molecular formula is C31H47BrN2O3S. The lowest BCUT2D eigenvalue weighted by atomic mass is 9.62. The Kier molecular flexibility index (Phi) is 11.6. The van der Waals surface area contributed by atoms with Crippen LogP contribution in [0.3, 0.4) is 0 Å². The van der Waals surface area contributed by atoms with Gasteiger partial charge in [-0.15, -0.1) is 0 Å². The summed E-state index contributed by atoms with van der Waals surface area (Å²) in [4.78, 5) is 11.3. The Balaban J connectivity index is 0.000000284. The number of halogens is 1. The van der Waals surface area contributed by atoms with E-state index in [1.54, 1.807) is 0 Å². The number of amides is 1. The first-order valence-electron chi connectivity index (χ1n) is 13.9. The van der Waals surface area contributed by atoms with Crippen LogP contribution in [0.4, 0.5) is 0 Å². The zero-order valence-corrected chi connectivity index (χ0v) is 26.7. The minimum Gasteiger partial charge on any atom is -0.366 e. The molecule has 3 aliphatic carbocycles. The van der Waals surface area contributed by atoms with Crippen molar-refractivity contribution in [2.24, 2.45) is 28.4 Å². The van der Waals surface area contributed by atoms with Gasteiger partial charge >= 0.3 is 0 Å². The fraction of sp³-hybridized carbons (Fsp3) is 0.581. The molecular weight excluding hydrogens is 560 g/mol. The lowest BCUT2D eigenvalue weighted by Gasteiger charge is -2.43. The van der Waals surface area contributed by atoms with Crippen molar-refractivity contribution in [3.63, 3.8) is 0 Å². The van der Waals surface area contributed by atoms with Crippen molar-refractivity contribution in [1.29, 1.82) is 0 Å². The third-order valence-corrected chi connectivity index (χ3v) is 11.3. The zero-order valence-electron chi connectivity index (χ0n) is 24.3. The van der Waals surface area contributed by atoms with Crippen molar-refractivity contribution in [2.45, 2.75) is 85.0 Å². The van der Waals surface area contributed by atoms with Crippen LogP contribution in [0.1, 0.15) is 90.4 Å². The lowest BCUT2D eigenvalue weighted by molar-refractivity contribution is 0.0665. The predicted octanol–water partition coefficient (Wildman–Crippen LogP) is 7.89.